The van der Waals surface area contributed by atoms with Crippen molar-refractivity contribution < 1.29 is 4.79 Å². The average molecular weight is 222 g/mol. The maximum atomic E-state index is 12.1. The summed E-state index contributed by atoms with van der Waals surface area (Å²) in [6.07, 6.45) is 9.95. The number of carbonyl (C=O) groups is 1. The molecule has 2 aliphatic carbocycles. The first-order valence-electron chi connectivity index (χ1n) is 6.35. The molecule has 3 nitrogen and oxygen atoms in total. The summed E-state index contributed by atoms with van der Waals surface area (Å²) >= 11 is 0. The summed E-state index contributed by atoms with van der Waals surface area (Å²) in [6, 6.07) is 0.0776. The molecule has 90 valence electrons. The number of hydrogen-bond donors (Lipinski definition) is 1. The van der Waals surface area contributed by atoms with E-state index in [-0.39, 0.29) is 17.9 Å². The van der Waals surface area contributed by atoms with Gasteiger partial charge in [-0.15, -0.1) is 0 Å². The fourth-order valence-corrected chi connectivity index (χ4v) is 2.86. The molecule has 16 heavy (non-hydrogen) atoms. The van der Waals surface area contributed by atoms with Crippen LogP contribution in [0.5, 0.6) is 0 Å². The van der Waals surface area contributed by atoms with Gasteiger partial charge in [0, 0.05) is 19.6 Å². The maximum absolute atomic E-state index is 12.1. The van der Waals surface area contributed by atoms with Crippen molar-refractivity contribution in [3.63, 3.8) is 0 Å². The lowest BCUT2D eigenvalue weighted by Gasteiger charge is -2.23. The predicted molar refractivity (Wildman–Crippen MR) is 64.8 cm³/mol. The van der Waals surface area contributed by atoms with Gasteiger partial charge < -0.3 is 10.6 Å². The molecule has 0 spiro atoms. The summed E-state index contributed by atoms with van der Waals surface area (Å²) < 4.78 is 0. The lowest BCUT2D eigenvalue weighted by molar-refractivity contribution is -0.133. The van der Waals surface area contributed by atoms with Crippen LogP contribution in [0.15, 0.2) is 12.2 Å². The summed E-state index contributed by atoms with van der Waals surface area (Å²) in [5.41, 5.74) is 5.77. The van der Waals surface area contributed by atoms with Gasteiger partial charge in [0.1, 0.15) is 0 Å². The Kier molecular flexibility index (Phi) is 3.64. The molecule has 2 unspecified atom stereocenters. The molecule has 0 bridgehead atoms. The highest BCUT2D eigenvalue weighted by atomic mass is 16.2. The molecule has 1 saturated carbocycles. The molecule has 0 heterocycles. The fourth-order valence-electron chi connectivity index (χ4n) is 2.86. The molecule has 2 atom stereocenters. The van der Waals surface area contributed by atoms with Gasteiger partial charge in [0.05, 0.1) is 5.92 Å². The maximum Gasteiger partial charge on any atom is 0.229 e. The predicted octanol–water partition coefficient (Wildman–Crippen LogP) is 1.54. The quantitative estimate of drug-likeness (QED) is 0.736. The van der Waals surface area contributed by atoms with Gasteiger partial charge in [-0.3, -0.25) is 4.79 Å². The summed E-state index contributed by atoms with van der Waals surface area (Å²) in [5.74, 6) is 1.01. The van der Waals surface area contributed by atoms with Gasteiger partial charge in [-0.05, 0) is 25.2 Å². The van der Waals surface area contributed by atoms with E-state index >= 15 is 0 Å². The van der Waals surface area contributed by atoms with E-state index in [9.17, 15) is 4.79 Å². The van der Waals surface area contributed by atoms with Gasteiger partial charge in [-0.2, -0.15) is 0 Å². The van der Waals surface area contributed by atoms with E-state index in [1.165, 1.54) is 25.7 Å². The zero-order valence-electron chi connectivity index (χ0n) is 10.1. The van der Waals surface area contributed by atoms with E-state index in [2.05, 4.69) is 0 Å². The second-order valence-corrected chi connectivity index (χ2v) is 5.26. The lowest BCUT2D eigenvalue weighted by Crippen LogP contribution is -2.35. The van der Waals surface area contributed by atoms with Crippen molar-refractivity contribution in [3.8, 4) is 0 Å². The zero-order valence-corrected chi connectivity index (χ0v) is 10.1. The Hall–Kier alpha value is -0.830. The van der Waals surface area contributed by atoms with Crippen molar-refractivity contribution in [1.29, 1.82) is 0 Å². The summed E-state index contributed by atoms with van der Waals surface area (Å²) in [4.78, 5) is 14.0. The Morgan fingerprint density at radius 3 is 2.62 bits per heavy atom. The SMILES string of the molecule is CN(CC1CCCC1)C(=O)C1C=CC(N)C1. The Balaban J connectivity index is 1.82. The third-order valence-electron chi connectivity index (χ3n) is 3.82. The van der Waals surface area contributed by atoms with Crippen LogP contribution in [-0.4, -0.2) is 30.4 Å². The molecule has 0 aromatic heterocycles. The van der Waals surface area contributed by atoms with Crippen molar-refractivity contribution in [1.82, 2.24) is 4.90 Å². The molecular formula is C13H22N2O. The van der Waals surface area contributed by atoms with Crippen LogP contribution in [0.2, 0.25) is 0 Å². The largest absolute Gasteiger partial charge is 0.345 e. The summed E-state index contributed by atoms with van der Waals surface area (Å²) in [7, 11) is 1.93. The molecule has 0 aliphatic heterocycles. The molecule has 0 aromatic rings. The molecule has 0 radical (unpaired) electrons. The standard InChI is InChI=1S/C13H22N2O/c1-15(9-10-4-2-3-5-10)13(16)11-6-7-12(14)8-11/h6-7,10-12H,2-5,8-9,14H2,1H3. The smallest absolute Gasteiger partial charge is 0.229 e. The molecular weight excluding hydrogens is 200 g/mol. The Morgan fingerprint density at radius 2 is 2.06 bits per heavy atom. The average Bonchev–Trinajstić information content (AvgIpc) is 2.88. The fraction of sp³-hybridized carbons (Fsp3) is 0.769. The van der Waals surface area contributed by atoms with Crippen molar-refractivity contribution in [3.05, 3.63) is 12.2 Å². The van der Waals surface area contributed by atoms with Crippen LogP contribution in [0.25, 0.3) is 0 Å². The van der Waals surface area contributed by atoms with Crippen molar-refractivity contribution >= 4 is 5.91 Å². The van der Waals surface area contributed by atoms with Crippen LogP contribution in [0.1, 0.15) is 32.1 Å². The first-order valence-corrected chi connectivity index (χ1v) is 6.35. The Labute approximate surface area is 97.7 Å². The van der Waals surface area contributed by atoms with Crippen LogP contribution in [0.4, 0.5) is 0 Å². The topological polar surface area (TPSA) is 46.3 Å². The number of hydrogen-bond acceptors (Lipinski definition) is 2. The monoisotopic (exact) mass is 222 g/mol. The van der Waals surface area contributed by atoms with Gasteiger partial charge in [-0.25, -0.2) is 0 Å². The first-order chi connectivity index (χ1) is 7.66. The lowest BCUT2D eigenvalue weighted by atomic mass is 10.0. The van der Waals surface area contributed by atoms with Gasteiger partial charge in [0.15, 0.2) is 0 Å². The van der Waals surface area contributed by atoms with Crippen LogP contribution >= 0.6 is 0 Å². The van der Waals surface area contributed by atoms with E-state index in [0.717, 1.165) is 18.9 Å². The minimum absolute atomic E-state index is 0.0291. The van der Waals surface area contributed by atoms with E-state index in [4.69, 9.17) is 5.73 Å². The first kappa shape index (κ1) is 11.6. The highest BCUT2D eigenvalue weighted by Crippen LogP contribution is 2.26. The zero-order chi connectivity index (χ0) is 11.5. The van der Waals surface area contributed by atoms with Crippen LogP contribution in [0, 0.1) is 11.8 Å². The van der Waals surface area contributed by atoms with Crippen molar-refractivity contribution in [2.75, 3.05) is 13.6 Å². The van der Waals surface area contributed by atoms with Gasteiger partial charge in [0.2, 0.25) is 5.91 Å². The highest BCUT2D eigenvalue weighted by Gasteiger charge is 2.27. The third-order valence-corrected chi connectivity index (χ3v) is 3.82. The highest BCUT2D eigenvalue weighted by molar-refractivity contribution is 5.81. The van der Waals surface area contributed by atoms with E-state index in [1.807, 2.05) is 24.1 Å². The molecule has 1 fully saturated rings. The van der Waals surface area contributed by atoms with Gasteiger partial charge in [-0.1, -0.05) is 25.0 Å². The van der Waals surface area contributed by atoms with Gasteiger partial charge in [0.25, 0.3) is 0 Å². The van der Waals surface area contributed by atoms with Crippen molar-refractivity contribution in [2.24, 2.45) is 17.6 Å². The van der Waals surface area contributed by atoms with E-state index in [0.29, 0.717) is 0 Å². The number of rotatable bonds is 3. The minimum Gasteiger partial charge on any atom is -0.345 e. The third kappa shape index (κ3) is 2.64. The minimum atomic E-state index is 0.0291. The number of nitrogens with zero attached hydrogens (tertiary/aromatic N) is 1. The molecule has 2 N–H and O–H groups in total. The molecule has 0 saturated heterocycles. The Morgan fingerprint density at radius 1 is 1.38 bits per heavy atom. The summed E-state index contributed by atoms with van der Waals surface area (Å²) in [5, 5.41) is 0. The number of amides is 1. The normalized spacial score (nSPS) is 29.9. The number of nitrogens with two attached hydrogens (primary N) is 1. The second kappa shape index (κ2) is 5.00. The number of carbonyl (C=O) groups excluding carboxylic acids is 1. The Bertz CT molecular complexity index is 282. The van der Waals surface area contributed by atoms with Crippen LogP contribution in [-0.2, 0) is 4.79 Å². The molecule has 0 aromatic carbocycles. The van der Waals surface area contributed by atoms with Crippen molar-refractivity contribution in [2.45, 2.75) is 38.1 Å². The molecule has 2 aliphatic rings. The van der Waals surface area contributed by atoms with E-state index in [1.54, 1.807) is 0 Å². The van der Waals surface area contributed by atoms with Gasteiger partial charge >= 0.3 is 0 Å². The molecule has 2 rings (SSSR count). The molecule has 3 heteroatoms. The second-order valence-electron chi connectivity index (χ2n) is 5.26. The summed E-state index contributed by atoms with van der Waals surface area (Å²) in [6.45, 7) is 0.929. The van der Waals surface area contributed by atoms with Crippen LogP contribution in [0.3, 0.4) is 0 Å². The molecule has 1 amide bonds. The van der Waals surface area contributed by atoms with Crippen LogP contribution < -0.4 is 5.73 Å². The van der Waals surface area contributed by atoms with E-state index < -0.39 is 0 Å².